The van der Waals surface area contributed by atoms with Crippen molar-refractivity contribution in [2.75, 3.05) is 16.2 Å². The molecule has 4 aromatic rings. The third-order valence-electron chi connectivity index (χ3n) is 5.40. The van der Waals surface area contributed by atoms with Crippen LogP contribution in [0.4, 0.5) is 10.9 Å². The molecule has 31 heavy (non-hydrogen) atoms. The van der Waals surface area contributed by atoms with Crippen LogP contribution in [0.5, 0.6) is 0 Å². The normalized spacial score (nSPS) is 17.0. The molecule has 1 atom stereocenters. The zero-order valence-electron chi connectivity index (χ0n) is 16.5. The zero-order valence-corrected chi connectivity index (χ0v) is 18.2. The maximum atomic E-state index is 12.8. The van der Waals surface area contributed by atoms with Gasteiger partial charge >= 0.3 is 0 Å². The van der Waals surface area contributed by atoms with Gasteiger partial charge in [-0.25, -0.2) is 23.4 Å². The van der Waals surface area contributed by atoms with E-state index >= 15 is 0 Å². The van der Waals surface area contributed by atoms with Gasteiger partial charge in [0.15, 0.2) is 5.13 Å². The maximum Gasteiger partial charge on any atom is 0.263 e. The predicted molar refractivity (Wildman–Crippen MR) is 121 cm³/mol. The van der Waals surface area contributed by atoms with Gasteiger partial charge in [-0.05, 0) is 49.1 Å². The molecule has 5 rings (SSSR count). The van der Waals surface area contributed by atoms with Crippen molar-refractivity contribution in [1.29, 1.82) is 0 Å². The number of pyridine rings is 1. The fourth-order valence-corrected chi connectivity index (χ4v) is 5.78. The summed E-state index contributed by atoms with van der Waals surface area (Å²) >= 11 is 1.23. The van der Waals surface area contributed by atoms with Gasteiger partial charge in [-0.15, -0.1) is 11.3 Å². The minimum absolute atomic E-state index is 0.141. The van der Waals surface area contributed by atoms with E-state index in [1.165, 1.54) is 17.7 Å². The van der Waals surface area contributed by atoms with Crippen LogP contribution in [-0.2, 0) is 10.0 Å². The monoisotopic (exact) mass is 452 g/mol. The second-order valence-electron chi connectivity index (χ2n) is 7.31. The molecule has 4 heterocycles. The standard InChI is InChI=1S/C21H20N6O2S2/c28-31(29,26-21-23-9-11-30-21)16-6-7-17-18(12-16)24-14-25-20(17)27-10-2-1-5-19(27)15-4-3-8-22-13-15/h3-4,6-9,11-14,19H,1-2,5,10H2,(H,23,26). The molecule has 1 fully saturated rings. The van der Waals surface area contributed by atoms with Crippen LogP contribution in [0.2, 0.25) is 0 Å². The minimum atomic E-state index is -3.75. The highest BCUT2D eigenvalue weighted by atomic mass is 32.2. The number of anilines is 2. The van der Waals surface area contributed by atoms with Crippen molar-refractivity contribution in [3.8, 4) is 0 Å². The summed E-state index contributed by atoms with van der Waals surface area (Å²) in [6.45, 7) is 0.872. The van der Waals surface area contributed by atoms with Gasteiger partial charge in [0, 0.05) is 35.9 Å². The molecular weight excluding hydrogens is 432 g/mol. The van der Waals surface area contributed by atoms with E-state index in [9.17, 15) is 8.42 Å². The van der Waals surface area contributed by atoms with E-state index < -0.39 is 10.0 Å². The molecule has 8 nitrogen and oxygen atoms in total. The number of nitrogens with one attached hydrogen (secondary N) is 1. The van der Waals surface area contributed by atoms with E-state index in [0.29, 0.717) is 10.6 Å². The molecular formula is C21H20N6O2S2. The van der Waals surface area contributed by atoms with E-state index in [4.69, 9.17) is 0 Å². The zero-order chi connectivity index (χ0) is 21.3. The van der Waals surface area contributed by atoms with Crippen LogP contribution in [0.3, 0.4) is 0 Å². The number of sulfonamides is 1. The number of rotatable bonds is 5. The van der Waals surface area contributed by atoms with Gasteiger partial charge in [0.05, 0.1) is 16.5 Å². The Morgan fingerprint density at radius 2 is 2.03 bits per heavy atom. The van der Waals surface area contributed by atoms with E-state index in [2.05, 4.69) is 35.6 Å². The van der Waals surface area contributed by atoms with Gasteiger partial charge in [-0.2, -0.15) is 0 Å². The third kappa shape index (κ3) is 3.96. The lowest BCUT2D eigenvalue weighted by molar-refractivity contribution is 0.470. The van der Waals surface area contributed by atoms with Gasteiger partial charge < -0.3 is 4.90 Å². The van der Waals surface area contributed by atoms with Crippen LogP contribution in [-0.4, -0.2) is 34.9 Å². The van der Waals surface area contributed by atoms with E-state index in [0.717, 1.165) is 42.6 Å². The first-order valence-corrected chi connectivity index (χ1v) is 12.3. The summed E-state index contributed by atoms with van der Waals surface area (Å²) in [6.07, 6.45) is 9.97. The highest BCUT2D eigenvalue weighted by Crippen LogP contribution is 2.37. The van der Waals surface area contributed by atoms with Gasteiger partial charge in [-0.1, -0.05) is 6.07 Å². The van der Waals surface area contributed by atoms with Crippen molar-refractivity contribution >= 4 is 43.2 Å². The average Bonchev–Trinajstić information content (AvgIpc) is 3.31. The molecule has 1 aromatic carbocycles. The number of nitrogens with zero attached hydrogens (tertiary/aromatic N) is 5. The molecule has 0 spiro atoms. The van der Waals surface area contributed by atoms with Gasteiger partial charge in [0.1, 0.15) is 12.1 Å². The van der Waals surface area contributed by atoms with Crippen molar-refractivity contribution in [2.24, 2.45) is 0 Å². The van der Waals surface area contributed by atoms with Crippen LogP contribution in [0.1, 0.15) is 30.9 Å². The van der Waals surface area contributed by atoms with E-state index in [-0.39, 0.29) is 10.9 Å². The van der Waals surface area contributed by atoms with Gasteiger partial charge in [0.25, 0.3) is 10.0 Å². The molecule has 1 unspecified atom stereocenters. The Hall–Kier alpha value is -3.11. The van der Waals surface area contributed by atoms with Crippen LogP contribution in [0.15, 0.2) is 65.5 Å². The molecule has 1 saturated heterocycles. The van der Waals surface area contributed by atoms with Crippen molar-refractivity contribution < 1.29 is 8.42 Å². The van der Waals surface area contributed by atoms with Crippen LogP contribution in [0, 0.1) is 0 Å². The van der Waals surface area contributed by atoms with Crippen LogP contribution < -0.4 is 9.62 Å². The first-order chi connectivity index (χ1) is 15.1. The fourth-order valence-electron chi connectivity index (χ4n) is 3.97. The number of benzene rings is 1. The van der Waals surface area contributed by atoms with Crippen LogP contribution in [0.25, 0.3) is 10.9 Å². The van der Waals surface area contributed by atoms with Crippen molar-refractivity contribution in [3.63, 3.8) is 0 Å². The molecule has 158 valence electrons. The smallest absolute Gasteiger partial charge is 0.263 e. The first kappa shape index (κ1) is 19.8. The second kappa shape index (κ2) is 8.20. The number of hydrogen-bond donors (Lipinski definition) is 1. The van der Waals surface area contributed by atoms with E-state index in [1.54, 1.807) is 36.0 Å². The number of piperidine rings is 1. The first-order valence-electron chi connectivity index (χ1n) is 9.95. The molecule has 0 amide bonds. The number of aromatic nitrogens is 4. The molecule has 0 radical (unpaired) electrons. The Kier molecular flexibility index (Phi) is 5.24. The molecule has 0 aliphatic carbocycles. The lowest BCUT2D eigenvalue weighted by Crippen LogP contribution is -2.34. The van der Waals surface area contributed by atoms with Crippen molar-refractivity contribution in [2.45, 2.75) is 30.2 Å². The SMILES string of the molecule is O=S(=O)(Nc1nccs1)c1ccc2c(N3CCCCC3c3cccnc3)ncnc2c1. The predicted octanol–water partition coefficient (Wildman–Crippen LogP) is 4.01. The summed E-state index contributed by atoms with van der Waals surface area (Å²) in [5.41, 5.74) is 1.74. The quantitative estimate of drug-likeness (QED) is 0.488. The minimum Gasteiger partial charge on any atom is -0.349 e. The van der Waals surface area contributed by atoms with Crippen molar-refractivity contribution in [1.82, 2.24) is 19.9 Å². The second-order valence-corrected chi connectivity index (χ2v) is 9.89. The lowest BCUT2D eigenvalue weighted by atomic mass is 9.96. The Balaban J connectivity index is 1.53. The Bertz CT molecular complexity index is 1300. The molecule has 3 aromatic heterocycles. The van der Waals surface area contributed by atoms with E-state index in [1.807, 2.05) is 12.3 Å². The maximum absolute atomic E-state index is 12.8. The summed E-state index contributed by atoms with van der Waals surface area (Å²) in [5, 5.41) is 2.87. The largest absolute Gasteiger partial charge is 0.349 e. The number of thiazole rings is 1. The number of fused-ring (bicyclic) bond motifs is 1. The lowest BCUT2D eigenvalue weighted by Gasteiger charge is -2.37. The molecule has 10 heteroatoms. The molecule has 1 N–H and O–H groups in total. The Morgan fingerprint density at radius 3 is 2.84 bits per heavy atom. The van der Waals surface area contributed by atoms with Gasteiger partial charge in [0.2, 0.25) is 0 Å². The molecule has 0 saturated carbocycles. The summed E-state index contributed by atoms with van der Waals surface area (Å²) < 4.78 is 28.0. The van der Waals surface area contributed by atoms with Gasteiger partial charge in [-0.3, -0.25) is 9.71 Å². The molecule has 0 bridgehead atoms. The average molecular weight is 453 g/mol. The Morgan fingerprint density at radius 1 is 1.10 bits per heavy atom. The molecule has 1 aliphatic rings. The fraction of sp³-hybridized carbons (Fsp3) is 0.238. The highest BCUT2D eigenvalue weighted by molar-refractivity contribution is 7.93. The van der Waals surface area contributed by atoms with Crippen LogP contribution >= 0.6 is 11.3 Å². The molecule has 1 aliphatic heterocycles. The topological polar surface area (TPSA) is 101 Å². The highest BCUT2D eigenvalue weighted by Gasteiger charge is 2.27. The summed E-state index contributed by atoms with van der Waals surface area (Å²) in [5.74, 6) is 0.815. The third-order valence-corrected chi connectivity index (χ3v) is 7.55. The van der Waals surface area contributed by atoms with Crippen molar-refractivity contribution in [3.05, 3.63) is 66.2 Å². The Labute approximate surface area is 184 Å². The number of hydrogen-bond acceptors (Lipinski definition) is 8. The summed E-state index contributed by atoms with van der Waals surface area (Å²) in [7, 11) is -3.75. The summed E-state index contributed by atoms with van der Waals surface area (Å²) in [6, 6.07) is 9.18. The summed E-state index contributed by atoms with van der Waals surface area (Å²) in [4.78, 5) is 19.6.